The van der Waals surface area contributed by atoms with E-state index >= 15 is 0 Å². The molecule has 1 saturated carbocycles. The van der Waals surface area contributed by atoms with Crippen molar-refractivity contribution in [2.45, 2.75) is 40.0 Å². The van der Waals surface area contributed by atoms with E-state index < -0.39 is 0 Å². The van der Waals surface area contributed by atoms with Crippen LogP contribution in [0.5, 0.6) is 5.95 Å². The summed E-state index contributed by atoms with van der Waals surface area (Å²) in [7, 11) is 0. The van der Waals surface area contributed by atoms with Crippen LogP contribution in [0.4, 0.5) is 0 Å². The molecule has 0 aromatic carbocycles. The van der Waals surface area contributed by atoms with Crippen LogP contribution in [0.25, 0.3) is 0 Å². The van der Waals surface area contributed by atoms with Gasteiger partial charge in [-0.25, -0.2) is 0 Å². The molecule has 1 fully saturated rings. The van der Waals surface area contributed by atoms with Crippen molar-refractivity contribution < 1.29 is 9.15 Å². The fourth-order valence-corrected chi connectivity index (χ4v) is 1.10. The van der Waals surface area contributed by atoms with Gasteiger partial charge in [0.25, 0.3) is 5.95 Å². The van der Waals surface area contributed by atoms with Gasteiger partial charge in [-0.05, 0) is 30.7 Å². The molecule has 1 aromatic rings. The molecule has 1 aliphatic carbocycles. The van der Waals surface area contributed by atoms with Crippen molar-refractivity contribution >= 4 is 0 Å². The largest absolute Gasteiger partial charge is 0.465 e. The second-order valence-electron chi connectivity index (χ2n) is 3.38. The molecule has 0 atom stereocenters. The lowest BCUT2D eigenvalue weighted by molar-refractivity contribution is 0.231. The first-order chi connectivity index (χ1) is 6.88. The Labute approximate surface area is 86.3 Å². The Balaban J connectivity index is 0.000000461. The minimum absolute atomic E-state index is 0.679. The lowest BCUT2D eigenvalue weighted by Crippen LogP contribution is -1.97. The van der Waals surface area contributed by atoms with Crippen molar-refractivity contribution in [1.82, 2.24) is 0 Å². The van der Waals surface area contributed by atoms with Gasteiger partial charge < -0.3 is 9.15 Å². The van der Waals surface area contributed by atoms with Gasteiger partial charge in [0.05, 0.1) is 12.9 Å². The number of hydrogen-bond acceptors (Lipinski definition) is 2. The normalized spacial score (nSPS) is 14.5. The van der Waals surface area contributed by atoms with Crippen molar-refractivity contribution in [3.05, 3.63) is 17.9 Å². The van der Waals surface area contributed by atoms with Crippen molar-refractivity contribution in [2.24, 2.45) is 5.92 Å². The molecule has 80 valence electrons. The third-order valence-corrected chi connectivity index (χ3v) is 2.20. The van der Waals surface area contributed by atoms with Crippen molar-refractivity contribution in [3.8, 4) is 5.95 Å². The minimum Gasteiger partial charge on any atom is -0.465 e. The molecule has 1 aliphatic rings. The lowest BCUT2D eigenvalue weighted by atomic mass is 10.3. The van der Waals surface area contributed by atoms with Gasteiger partial charge in [0.2, 0.25) is 0 Å². The first kappa shape index (κ1) is 11.2. The van der Waals surface area contributed by atoms with Crippen LogP contribution >= 0.6 is 0 Å². The molecular weight excluding hydrogens is 176 g/mol. The second kappa shape index (κ2) is 5.74. The van der Waals surface area contributed by atoms with E-state index in [-0.39, 0.29) is 0 Å². The van der Waals surface area contributed by atoms with Crippen LogP contribution in [-0.4, -0.2) is 6.61 Å². The summed E-state index contributed by atoms with van der Waals surface area (Å²) in [4.78, 5) is 0. The molecule has 0 bridgehead atoms. The summed E-state index contributed by atoms with van der Waals surface area (Å²) < 4.78 is 10.7. The molecule has 0 saturated heterocycles. The zero-order valence-electron chi connectivity index (χ0n) is 9.38. The molecule has 2 rings (SSSR count). The topological polar surface area (TPSA) is 22.4 Å². The van der Waals surface area contributed by atoms with Gasteiger partial charge in [0.1, 0.15) is 0 Å². The summed E-state index contributed by atoms with van der Waals surface area (Å²) in [5, 5.41) is 0. The first-order valence-electron chi connectivity index (χ1n) is 5.58. The van der Waals surface area contributed by atoms with E-state index in [0.717, 1.165) is 18.9 Å². The molecule has 0 aliphatic heterocycles. The maximum Gasteiger partial charge on any atom is 0.284 e. The third-order valence-electron chi connectivity index (χ3n) is 2.20. The van der Waals surface area contributed by atoms with E-state index in [1.807, 2.05) is 19.9 Å². The van der Waals surface area contributed by atoms with Crippen LogP contribution in [0.2, 0.25) is 0 Å². The molecule has 14 heavy (non-hydrogen) atoms. The SMILES string of the molecule is CC.CCc1coc(OCC2CC2)c1. The van der Waals surface area contributed by atoms with Gasteiger partial charge in [-0.15, -0.1) is 0 Å². The Hall–Kier alpha value is -0.920. The van der Waals surface area contributed by atoms with Gasteiger partial charge in [0.15, 0.2) is 0 Å². The molecule has 0 unspecified atom stereocenters. The zero-order valence-corrected chi connectivity index (χ0v) is 9.38. The molecule has 1 aromatic heterocycles. The smallest absolute Gasteiger partial charge is 0.284 e. The first-order valence-corrected chi connectivity index (χ1v) is 5.58. The van der Waals surface area contributed by atoms with Crippen LogP contribution < -0.4 is 4.74 Å². The third kappa shape index (κ3) is 3.44. The molecular formula is C12H20O2. The van der Waals surface area contributed by atoms with Crippen molar-refractivity contribution in [3.63, 3.8) is 0 Å². The highest BCUT2D eigenvalue weighted by atomic mass is 16.6. The Morgan fingerprint density at radius 1 is 1.43 bits per heavy atom. The van der Waals surface area contributed by atoms with E-state index in [9.17, 15) is 0 Å². The summed E-state index contributed by atoms with van der Waals surface area (Å²) in [6.07, 6.45) is 5.42. The number of aryl methyl sites for hydroxylation is 1. The summed E-state index contributed by atoms with van der Waals surface area (Å²) >= 11 is 0. The molecule has 2 nitrogen and oxygen atoms in total. The highest BCUT2D eigenvalue weighted by Crippen LogP contribution is 2.29. The molecule has 0 spiro atoms. The number of hydrogen-bond donors (Lipinski definition) is 0. The van der Waals surface area contributed by atoms with Gasteiger partial charge in [-0.2, -0.15) is 0 Å². The van der Waals surface area contributed by atoms with Crippen LogP contribution in [0.15, 0.2) is 16.7 Å². The monoisotopic (exact) mass is 196 g/mol. The van der Waals surface area contributed by atoms with Gasteiger partial charge in [-0.3, -0.25) is 0 Å². The van der Waals surface area contributed by atoms with E-state index in [1.165, 1.54) is 18.4 Å². The van der Waals surface area contributed by atoms with Crippen LogP contribution in [0.3, 0.4) is 0 Å². The summed E-state index contributed by atoms with van der Waals surface area (Å²) in [5.74, 6) is 1.47. The number of furan rings is 1. The maximum absolute atomic E-state index is 5.45. The quantitative estimate of drug-likeness (QED) is 0.733. The van der Waals surface area contributed by atoms with Gasteiger partial charge in [0, 0.05) is 6.07 Å². The number of ether oxygens (including phenoxy) is 1. The van der Waals surface area contributed by atoms with Crippen molar-refractivity contribution in [1.29, 1.82) is 0 Å². The fourth-order valence-electron chi connectivity index (χ4n) is 1.10. The molecule has 2 heteroatoms. The Bertz CT molecular complexity index is 249. The predicted octanol–water partition coefficient (Wildman–Crippen LogP) is 3.66. The Morgan fingerprint density at radius 2 is 2.14 bits per heavy atom. The van der Waals surface area contributed by atoms with Crippen molar-refractivity contribution in [2.75, 3.05) is 6.61 Å². The predicted molar refractivity (Wildman–Crippen MR) is 57.7 cm³/mol. The zero-order chi connectivity index (χ0) is 10.4. The summed E-state index contributed by atoms with van der Waals surface area (Å²) in [6, 6.07) is 1.97. The van der Waals surface area contributed by atoms with Gasteiger partial charge in [-0.1, -0.05) is 20.8 Å². The van der Waals surface area contributed by atoms with E-state index in [4.69, 9.17) is 9.15 Å². The summed E-state index contributed by atoms with van der Waals surface area (Å²) in [5.41, 5.74) is 1.21. The molecule has 0 N–H and O–H groups in total. The van der Waals surface area contributed by atoms with Crippen LogP contribution in [0, 0.1) is 5.92 Å². The molecule has 0 amide bonds. The Kier molecular flexibility index (Phi) is 4.57. The number of rotatable bonds is 4. The second-order valence-corrected chi connectivity index (χ2v) is 3.38. The Morgan fingerprint density at radius 3 is 2.64 bits per heavy atom. The van der Waals surface area contributed by atoms with E-state index in [1.54, 1.807) is 6.26 Å². The highest BCUT2D eigenvalue weighted by molar-refractivity contribution is 5.16. The fraction of sp³-hybridized carbons (Fsp3) is 0.667. The van der Waals surface area contributed by atoms with E-state index in [0.29, 0.717) is 5.95 Å². The minimum atomic E-state index is 0.679. The average Bonchev–Trinajstić information content (AvgIpc) is 2.96. The molecule has 0 radical (unpaired) electrons. The highest BCUT2D eigenvalue weighted by Gasteiger charge is 2.22. The maximum atomic E-state index is 5.45. The molecule has 1 heterocycles. The standard InChI is InChI=1S/C10H14O2.C2H6/c1-2-8-5-10(11-6-8)12-7-9-3-4-9;1-2/h5-6,9H,2-4,7H2,1H3;1-2H3. The van der Waals surface area contributed by atoms with Crippen LogP contribution in [-0.2, 0) is 6.42 Å². The summed E-state index contributed by atoms with van der Waals surface area (Å²) in [6.45, 7) is 6.94. The van der Waals surface area contributed by atoms with Gasteiger partial charge >= 0.3 is 0 Å². The lowest BCUT2D eigenvalue weighted by Gasteiger charge is -1.98. The van der Waals surface area contributed by atoms with E-state index in [2.05, 4.69) is 6.92 Å². The van der Waals surface area contributed by atoms with Crippen LogP contribution in [0.1, 0.15) is 39.2 Å². The average molecular weight is 196 g/mol.